The Bertz CT molecular complexity index is 273. The van der Waals surface area contributed by atoms with Crippen LogP contribution in [0.4, 0.5) is 0 Å². The van der Waals surface area contributed by atoms with E-state index in [0.717, 1.165) is 0 Å². The molecule has 0 spiro atoms. The number of thioether (sulfide) groups is 2. The zero-order valence-electron chi connectivity index (χ0n) is 6.46. The quantitative estimate of drug-likeness (QED) is 0.549. The van der Waals surface area contributed by atoms with Gasteiger partial charge in [-0.15, -0.1) is 23.5 Å². The maximum atomic E-state index is 2.28. The third-order valence-electron chi connectivity index (χ3n) is 1.70. The molecule has 1 aliphatic rings. The van der Waals surface area contributed by atoms with Gasteiger partial charge in [0.2, 0.25) is 0 Å². The van der Waals surface area contributed by atoms with Crippen LogP contribution in [0.2, 0.25) is 0 Å². The number of fused-ring (bicyclic) bond motifs is 1. The van der Waals surface area contributed by atoms with Crippen LogP contribution in [0.15, 0.2) is 28.0 Å². The Labute approximate surface area is 76.6 Å². The van der Waals surface area contributed by atoms with Crippen LogP contribution in [0.3, 0.4) is 0 Å². The lowest BCUT2D eigenvalue weighted by atomic mass is 9.97. The first kappa shape index (κ1) is 7.62. The molecule has 1 aliphatic heterocycles. The van der Waals surface area contributed by atoms with E-state index in [2.05, 4.69) is 26.0 Å². The summed E-state index contributed by atoms with van der Waals surface area (Å²) < 4.78 is 0. The van der Waals surface area contributed by atoms with Crippen molar-refractivity contribution in [3.63, 3.8) is 0 Å². The van der Waals surface area contributed by atoms with Crippen molar-refractivity contribution in [2.24, 2.45) is 0 Å². The van der Waals surface area contributed by atoms with Crippen LogP contribution < -0.4 is 5.46 Å². The molecule has 0 aromatic heterocycles. The number of rotatable bonds is 0. The van der Waals surface area contributed by atoms with Gasteiger partial charge >= 0.3 is 0 Å². The molecular weight excluding hydrogens is 171 g/mol. The highest BCUT2D eigenvalue weighted by molar-refractivity contribution is 8.05. The van der Waals surface area contributed by atoms with E-state index in [1.54, 1.807) is 0 Å². The van der Waals surface area contributed by atoms with Gasteiger partial charge in [0.1, 0.15) is 7.85 Å². The van der Waals surface area contributed by atoms with Crippen LogP contribution in [0.25, 0.3) is 0 Å². The molecular formula is C8H9BS2. The van der Waals surface area contributed by atoms with E-state index in [4.69, 9.17) is 0 Å². The van der Waals surface area contributed by atoms with E-state index in [0.29, 0.717) is 0 Å². The Morgan fingerprint density at radius 2 is 1.82 bits per heavy atom. The molecule has 3 heteroatoms. The van der Waals surface area contributed by atoms with E-state index in [1.807, 2.05) is 23.5 Å². The Balaban J connectivity index is 2.43. The monoisotopic (exact) mass is 180 g/mol. The fourth-order valence-electron chi connectivity index (χ4n) is 1.15. The van der Waals surface area contributed by atoms with Crippen molar-refractivity contribution in [1.82, 2.24) is 0 Å². The van der Waals surface area contributed by atoms with Crippen molar-refractivity contribution in [2.75, 3.05) is 11.5 Å². The lowest BCUT2D eigenvalue weighted by molar-refractivity contribution is 1.23. The Morgan fingerprint density at radius 1 is 1.09 bits per heavy atom. The van der Waals surface area contributed by atoms with Crippen LogP contribution >= 0.6 is 23.5 Å². The van der Waals surface area contributed by atoms with Gasteiger partial charge in [-0.2, -0.15) is 0 Å². The minimum atomic E-state index is 1.26. The zero-order valence-corrected chi connectivity index (χ0v) is 8.10. The van der Waals surface area contributed by atoms with Gasteiger partial charge in [-0.25, -0.2) is 0 Å². The van der Waals surface area contributed by atoms with E-state index in [-0.39, 0.29) is 0 Å². The van der Waals surface area contributed by atoms with Crippen molar-refractivity contribution < 1.29 is 0 Å². The summed E-state index contributed by atoms with van der Waals surface area (Å²) in [5.41, 5.74) is 1.37. The summed E-state index contributed by atoms with van der Waals surface area (Å²) in [5.74, 6) is 2.53. The summed E-state index contributed by atoms with van der Waals surface area (Å²) in [6.45, 7) is 0. The molecule has 1 aromatic carbocycles. The number of hydrogen-bond donors (Lipinski definition) is 0. The summed E-state index contributed by atoms with van der Waals surface area (Å²) in [6.07, 6.45) is 0. The van der Waals surface area contributed by atoms with Gasteiger partial charge < -0.3 is 0 Å². The van der Waals surface area contributed by atoms with Crippen LogP contribution in [0.1, 0.15) is 0 Å². The predicted molar refractivity (Wildman–Crippen MR) is 56.1 cm³/mol. The fraction of sp³-hybridized carbons (Fsp3) is 0.250. The standard InChI is InChI=1S/C8H9BS2/c9-6-1-2-7-8(5-6)11-4-3-10-7/h1-2,5H,3-4,9H2. The van der Waals surface area contributed by atoms with E-state index in [1.165, 1.54) is 26.8 Å². The summed E-state index contributed by atoms with van der Waals surface area (Å²) in [6, 6.07) is 6.71. The molecule has 0 saturated carbocycles. The second kappa shape index (κ2) is 3.15. The van der Waals surface area contributed by atoms with Crippen LogP contribution in [-0.2, 0) is 0 Å². The van der Waals surface area contributed by atoms with Crippen molar-refractivity contribution >= 4 is 36.8 Å². The van der Waals surface area contributed by atoms with Crippen LogP contribution in [-0.4, -0.2) is 19.4 Å². The highest BCUT2D eigenvalue weighted by atomic mass is 32.2. The van der Waals surface area contributed by atoms with Gasteiger partial charge in [0, 0.05) is 21.3 Å². The Morgan fingerprint density at radius 3 is 2.64 bits per heavy atom. The number of hydrogen-bond acceptors (Lipinski definition) is 2. The van der Waals surface area contributed by atoms with Crippen molar-refractivity contribution in [2.45, 2.75) is 9.79 Å². The molecule has 0 atom stereocenters. The highest BCUT2D eigenvalue weighted by Crippen LogP contribution is 2.35. The summed E-state index contributed by atoms with van der Waals surface area (Å²) in [7, 11) is 2.15. The van der Waals surface area contributed by atoms with Gasteiger partial charge in [0.05, 0.1) is 0 Å². The Kier molecular flexibility index (Phi) is 2.19. The van der Waals surface area contributed by atoms with Crippen molar-refractivity contribution in [3.05, 3.63) is 18.2 Å². The molecule has 0 N–H and O–H groups in total. The maximum Gasteiger partial charge on any atom is 0.139 e. The van der Waals surface area contributed by atoms with E-state index >= 15 is 0 Å². The van der Waals surface area contributed by atoms with Gasteiger partial charge in [-0.05, 0) is 6.07 Å². The van der Waals surface area contributed by atoms with Crippen LogP contribution in [0, 0.1) is 0 Å². The molecule has 1 heterocycles. The fourth-order valence-corrected chi connectivity index (χ4v) is 3.46. The highest BCUT2D eigenvalue weighted by Gasteiger charge is 2.08. The molecule has 1 aromatic rings. The minimum absolute atomic E-state index is 1.26. The SMILES string of the molecule is Bc1ccc2c(c1)SCCS2. The first-order valence-electron chi connectivity index (χ1n) is 3.72. The van der Waals surface area contributed by atoms with Crippen molar-refractivity contribution in [1.29, 1.82) is 0 Å². The smallest absolute Gasteiger partial charge is 0.124 e. The molecule has 11 heavy (non-hydrogen) atoms. The van der Waals surface area contributed by atoms with Gasteiger partial charge in [0.15, 0.2) is 0 Å². The molecule has 0 amide bonds. The van der Waals surface area contributed by atoms with Gasteiger partial charge in [-0.1, -0.05) is 17.6 Å². The molecule has 0 nitrogen and oxygen atoms in total. The van der Waals surface area contributed by atoms with E-state index < -0.39 is 0 Å². The molecule has 56 valence electrons. The molecule has 0 fully saturated rings. The molecule has 0 unspecified atom stereocenters. The molecule has 0 radical (unpaired) electrons. The van der Waals surface area contributed by atoms with Crippen LogP contribution in [0.5, 0.6) is 0 Å². The first-order chi connectivity index (χ1) is 5.36. The van der Waals surface area contributed by atoms with Crippen molar-refractivity contribution in [3.8, 4) is 0 Å². The molecule has 2 rings (SSSR count). The summed E-state index contributed by atoms with van der Waals surface area (Å²) in [4.78, 5) is 2.94. The Hall–Kier alpha value is -0.0151. The topological polar surface area (TPSA) is 0 Å². The normalized spacial score (nSPS) is 16.0. The predicted octanol–water partition coefficient (Wildman–Crippen LogP) is 1.14. The molecule has 0 saturated heterocycles. The van der Waals surface area contributed by atoms with Gasteiger partial charge in [0.25, 0.3) is 0 Å². The third kappa shape index (κ3) is 1.59. The molecule has 0 aliphatic carbocycles. The first-order valence-corrected chi connectivity index (χ1v) is 5.69. The zero-order chi connectivity index (χ0) is 7.68. The summed E-state index contributed by atoms with van der Waals surface area (Å²) >= 11 is 3.96. The second-order valence-corrected chi connectivity index (χ2v) is 4.92. The average Bonchev–Trinajstić information content (AvgIpc) is 2.04. The van der Waals surface area contributed by atoms with Gasteiger partial charge in [-0.3, -0.25) is 0 Å². The number of benzene rings is 1. The largest absolute Gasteiger partial charge is 0.139 e. The summed E-state index contributed by atoms with van der Waals surface area (Å²) in [5, 5.41) is 0. The lowest BCUT2D eigenvalue weighted by Gasteiger charge is -2.14. The second-order valence-electron chi connectivity index (χ2n) is 2.65. The molecule has 0 bridgehead atoms. The minimum Gasteiger partial charge on any atom is -0.124 e. The maximum absolute atomic E-state index is 2.28. The van der Waals surface area contributed by atoms with E-state index in [9.17, 15) is 0 Å². The lowest BCUT2D eigenvalue weighted by Crippen LogP contribution is -2.04. The average molecular weight is 180 g/mol. The third-order valence-corrected chi connectivity index (χ3v) is 4.22.